The first-order valence-corrected chi connectivity index (χ1v) is 22.0. The maximum absolute atomic E-state index is 14.3. The molecular weight excluding hydrogens is 864 g/mol. The quantitative estimate of drug-likeness (QED) is 0.0758. The molecular formula is C39H53Cl3FN9O5S2. The molecule has 2 aromatic heterocycles. The van der Waals surface area contributed by atoms with E-state index >= 15 is 0 Å². The number of fused-ring (bicyclic) bond motifs is 1. The number of esters is 1. The zero-order valence-electron chi connectivity index (χ0n) is 34.8. The molecule has 1 atom stereocenters. The number of benzene rings is 2. The second-order valence-corrected chi connectivity index (χ2v) is 17.1. The highest BCUT2D eigenvalue weighted by molar-refractivity contribution is 8.00. The smallest absolute Gasteiger partial charge is 0.325 e. The number of ether oxygens (including phenoxy) is 2. The summed E-state index contributed by atoms with van der Waals surface area (Å²) >= 11 is 19.7. The first-order valence-electron chi connectivity index (χ1n) is 18.9. The molecule has 0 saturated heterocycles. The number of carbonyl (C=O) groups excluding carboxylic acids is 2. The Bertz CT molecular complexity index is 2160. The average Bonchev–Trinajstić information content (AvgIpc) is 3.50. The number of methoxy groups -OCH3 is 2. The van der Waals surface area contributed by atoms with E-state index in [9.17, 15) is 18.8 Å². The first kappa shape index (κ1) is 49.6. The van der Waals surface area contributed by atoms with E-state index in [0.717, 1.165) is 71.8 Å². The number of amides is 1. The Morgan fingerprint density at radius 1 is 1.08 bits per heavy atom. The van der Waals surface area contributed by atoms with Crippen molar-refractivity contribution in [3.63, 3.8) is 0 Å². The normalized spacial score (nSPS) is 12.9. The lowest BCUT2D eigenvalue weighted by Gasteiger charge is -2.31. The van der Waals surface area contributed by atoms with Crippen LogP contribution >= 0.6 is 57.9 Å². The molecule has 2 aromatic carbocycles. The number of thioether (sulfide) groups is 1. The van der Waals surface area contributed by atoms with Gasteiger partial charge in [0.15, 0.2) is 0 Å². The molecule has 0 aliphatic carbocycles. The molecule has 59 heavy (non-hydrogen) atoms. The molecule has 2 N–H and O–H groups in total. The van der Waals surface area contributed by atoms with Gasteiger partial charge in [-0.1, -0.05) is 36.7 Å². The van der Waals surface area contributed by atoms with Crippen LogP contribution in [0.1, 0.15) is 65.5 Å². The number of carbonyl (C=O) groups is 2. The average molecular weight is 917 g/mol. The van der Waals surface area contributed by atoms with E-state index in [4.69, 9.17) is 39.5 Å². The number of aromatic nitrogens is 5. The predicted octanol–water partition coefficient (Wildman–Crippen LogP) is 8.13. The third-order valence-corrected chi connectivity index (χ3v) is 11.0. The first-order chi connectivity index (χ1) is 28.0. The third kappa shape index (κ3) is 15.0. The van der Waals surface area contributed by atoms with Crippen LogP contribution in [0, 0.1) is 12.7 Å². The molecule has 14 nitrogen and oxygen atoms in total. The molecule has 1 aliphatic heterocycles. The predicted molar refractivity (Wildman–Crippen MR) is 238 cm³/mol. The van der Waals surface area contributed by atoms with Crippen molar-refractivity contribution in [1.29, 1.82) is 0 Å². The zero-order valence-corrected chi connectivity index (χ0v) is 38.7. The summed E-state index contributed by atoms with van der Waals surface area (Å²) in [5, 5.41) is 6.51. The number of rotatable bonds is 13. The molecule has 0 spiro atoms. The fourth-order valence-corrected chi connectivity index (χ4v) is 8.01. The molecule has 1 unspecified atom stereocenters. The monoisotopic (exact) mass is 915 g/mol. The minimum absolute atomic E-state index is 0.0223. The van der Waals surface area contributed by atoms with Gasteiger partial charge < -0.3 is 25.0 Å². The number of hydrogen-bond donors (Lipinski definition) is 2. The second-order valence-electron chi connectivity index (χ2n) is 14.1. The number of alkyl halides is 1. The fourth-order valence-electron chi connectivity index (χ4n) is 5.73. The third-order valence-electron chi connectivity index (χ3n) is 8.29. The van der Waals surface area contributed by atoms with E-state index in [2.05, 4.69) is 48.3 Å². The van der Waals surface area contributed by atoms with Crippen LogP contribution < -0.4 is 25.2 Å². The molecule has 0 saturated carbocycles. The molecule has 0 radical (unpaired) electrons. The molecule has 3 heterocycles. The number of nitrogens with one attached hydrogen (secondary N) is 2. The van der Waals surface area contributed by atoms with Crippen LogP contribution in [-0.2, 0) is 38.6 Å². The van der Waals surface area contributed by atoms with Gasteiger partial charge >= 0.3 is 10.8 Å². The lowest BCUT2D eigenvalue weighted by molar-refractivity contribution is -0.137. The molecule has 5 rings (SSSR count). The van der Waals surface area contributed by atoms with Crippen LogP contribution in [0.4, 0.5) is 27.7 Å². The van der Waals surface area contributed by atoms with Crippen LogP contribution in [0.2, 0.25) is 10.3 Å². The summed E-state index contributed by atoms with van der Waals surface area (Å²) in [6, 6.07) is 8.69. The van der Waals surface area contributed by atoms with Gasteiger partial charge in [-0.15, -0.1) is 23.4 Å². The number of halogens is 4. The molecule has 0 bridgehead atoms. The van der Waals surface area contributed by atoms with Gasteiger partial charge in [0.25, 0.3) is 0 Å². The lowest BCUT2D eigenvalue weighted by atomic mass is 10.0. The summed E-state index contributed by atoms with van der Waals surface area (Å²) in [6.07, 6.45) is 2.77. The molecule has 324 valence electrons. The summed E-state index contributed by atoms with van der Waals surface area (Å²) in [5.41, 5.74) is 3.19. The van der Waals surface area contributed by atoms with Crippen molar-refractivity contribution in [3.8, 4) is 0 Å². The van der Waals surface area contributed by atoms with Crippen molar-refractivity contribution in [2.24, 2.45) is 4.99 Å². The van der Waals surface area contributed by atoms with Gasteiger partial charge in [-0.05, 0) is 107 Å². The lowest BCUT2D eigenvalue weighted by Crippen LogP contribution is -2.43. The minimum atomic E-state index is -0.580. The van der Waals surface area contributed by atoms with Crippen molar-refractivity contribution < 1.29 is 23.5 Å². The SMILES string of the molecule is CCNc1nc(Cl)nc(NC(C)(C)C)n1.CCc1cccc(C)c1N(C(=O)CCl)C(C)COC.COC(=O)CSc1cc(N=c2sc(=O)n3n2CCCC3)c(F)cc1Cl. The van der Waals surface area contributed by atoms with E-state index < -0.39 is 11.8 Å². The molecule has 4 aromatic rings. The maximum atomic E-state index is 14.3. The fraction of sp³-hybridized carbons (Fsp3) is 0.513. The maximum Gasteiger partial charge on any atom is 0.325 e. The molecule has 1 amide bonds. The van der Waals surface area contributed by atoms with Crippen LogP contribution in [0.15, 0.2) is 45.0 Å². The number of hydrogen-bond acceptors (Lipinski definition) is 13. The Labute approximate surface area is 367 Å². The van der Waals surface area contributed by atoms with Crippen LogP contribution in [0.25, 0.3) is 0 Å². The summed E-state index contributed by atoms with van der Waals surface area (Å²) in [7, 11) is 2.93. The summed E-state index contributed by atoms with van der Waals surface area (Å²) in [5.74, 6) is -0.0585. The van der Waals surface area contributed by atoms with Crippen molar-refractivity contribution >= 4 is 93.0 Å². The highest BCUT2D eigenvalue weighted by Gasteiger charge is 2.25. The second kappa shape index (κ2) is 23.9. The topological polar surface area (TPSA) is 158 Å². The van der Waals surface area contributed by atoms with E-state index in [-0.39, 0.29) is 50.0 Å². The molecule has 1 aliphatic rings. The summed E-state index contributed by atoms with van der Waals surface area (Å²) in [4.78, 5) is 54.6. The zero-order chi connectivity index (χ0) is 43.9. The van der Waals surface area contributed by atoms with Crippen molar-refractivity contribution in [2.45, 2.75) is 97.3 Å². The number of anilines is 3. The Balaban J connectivity index is 0.000000246. The Morgan fingerprint density at radius 3 is 2.37 bits per heavy atom. The molecule has 20 heteroatoms. The van der Waals surface area contributed by atoms with E-state index in [0.29, 0.717) is 41.3 Å². The van der Waals surface area contributed by atoms with Crippen molar-refractivity contribution in [2.75, 3.05) is 54.5 Å². The van der Waals surface area contributed by atoms with Crippen LogP contribution in [0.3, 0.4) is 0 Å². The van der Waals surface area contributed by atoms with Gasteiger partial charge in [-0.3, -0.25) is 19.1 Å². The summed E-state index contributed by atoms with van der Waals surface area (Å²) < 4.78 is 27.4. The van der Waals surface area contributed by atoms with E-state index in [1.807, 2.05) is 53.7 Å². The van der Waals surface area contributed by atoms with Gasteiger partial charge in [0.1, 0.15) is 17.4 Å². The van der Waals surface area contributed by atoms with Gasteiger partial charge in [-0.2, -0.15) is 15.0 Å². The van der Waals surface area contributed by atoms with E-state index in [1.165, 1.54) is 13.2 Å². The minimum Gasteiger partial charge on any atom is -0.468 e. The Kier molecular flexibility index (Phi) is 20.1. The number of para-hydroxylation sites is 1. The van der Waals surface area contributed by atoms with Gasteiger partial charge in [-0.25, -0.2) is 14.1 Å². The highest BCUT2D eigenvalue weighted by atomic mass is 35.5. The Hall–Kier alpha value is -3.74. The van der Waals surface area contributed by atoms with E-state index in [1.54, 1.807) is 21.4 Å². The highest BCUT2D eigenvalue weighted by Crippen LogP contribution is 2.33. The van der Waals surface area contributed by atoms with Crippen molar-refractivity contribution in [3.05, 3.63) is 72.1 Å². The van der Waals surface area contributed by atoms with Crippen LogP contribution in [0.5, 0.6) is 0 Å². The molecule has 0 fully saturated rings. The standard InChI is InChI=1S/C15H15ClFN3O3S2.C15H22ClNO2.C9H16ClN5/c1-23-13(21)8-24-12-7-11(10(17)6-9(12)16)18-14-19-4-2-3-5-20(19)15(22)25-14;1-5-13-8-6-7-11(2)15(13)17(14(18)9-16)12(3)10-19-4;1-5-11-7-12-6(10)13-8(14-7)15-9(2,3)4/h6-7H,2-5,8H2,1H3;6-8,12H,5,9-10H2,1-4H3;5H2,1-4H3,(H2,11,12,13,14,15). The number of aryl methyl sites for hydroxylation is 2. The van der Waals surface area contributed by atoms with Gasteiger partial charge in [0.05, 0.1) is 36.2 Å². The summed E-state index contributed by atoms with van der Waals surface area (Å²) in [6.45, 7) is 16.7. The number of nitrogens with zero attached hydrogens (tertiary/aromatic N) is 7. The van der Waals surface area contributed by atoms with Gasteiger partial charge in [0.2, 0.25) is 27.9 Å². The Morgan fingerprint density at radius 2 is 1.76 bits per heavy atom. The van der Waals surface area contributed by atoms with Crippen molar-refractivity contribution in [1.82, 2.24) is 24.3 Å². The van der Waals surface area contributed by atoms with Crippen LogP contribution in [-0.4, -0.2) is 86.8 Å². The van der Waals surface area contributed by atoms with Gasteiger partial charge in [0, 0.05) is 37.2 Å². The largest absolute Gasteiger partial charge is 0.468 e.